The van der Waals surface area contributed by atoms with Gasteiger partial charge in [-0.15, -0.1) is 0 Å². The van der Waals surface area contributed by atoms with Crippen molar-refractivity contribution < 1.29 is 0 Å². The highest BCUT2D eigenvalue weighted by Gasteiger charge is 2.17. The Labute approximate surface area is 101 Å². The van der Waals surface area contributed by atoms with Crippen LogP contribution in [0.3, 0.4) is 0 Å². The van der Waals surface area contributed by atoms with Gasteiger partial charge in [0.15, 0.2) is 5.65 Å². The van der Waals surface area contributed by atoms with Crippen molar-refractivity contribution in [2.24, 2.45) is 0 Å². The Morgan fingerprint density at radius 3 is 2.44 bits per heavy atom. The maximum atomic E-state index is 6.24. The van der Waals surface area contributed by atoms with E-state index in [1.165, 1.54) is 0 Å². The van der Waals surface area contributed by atoms with E-state index in [-0.39, 0.29) is 5.41 Å². The monoisotopic (exact) mass is 234 g/mol. The highest BCUT2D eigenvalue weighted by atomic mass is 35.5. The summed E-state index contributed by atoms with van der Waals surface area (Å²) in [4.78, 5) is 8.99. The van der Waals surface area contributed by atoms with Gasteiger partial charge in [-0.2, -0.15) is 0 Å². The average Bonchev–Trinajstić information content (AvgIpc) is 2.15. The molecule has 2 aromatic rings. The van der Waals surface area contributed by atoms with Gasteiger partial charge < -0.3 is 0 Å². The fraction of sp³-hybridized carbons (Fsp3) is 0.385. The van der Waals surface area contributed by atoms with Crippen LogP contribution in [0.4, 0.5) is 0 Å². The molecule has 2 aromatic heterocycles. The van der Waals surface area contributed by atoms with Gasteiger partial charge in [-0.25, -0.2) is 9.97 Å². The molecule has 0 spiro atoms. The Morgan fingerprint density at radius 2 is 1.81 bits per heavy atom. The molecule has 0 aliphatic heterocycles. The van der Waals surface area contributed by atoms with Crippen molar-refractivity contribution in [1.29, 1.82) is 0 Å². The van der Waals surface area contributed by atoms with Crippen molar-refractivity contribution in [1.82, 2.24) is 9.97 Å². The Morgan fingerprint density at radius 1 is 1.12 bits per heavy atom. The number of hydrogen-bond acceptors (Lipinski definition) is 2. The standard InChI is InChI=1S/C13H15ClN2/c1-8-5-6-9-10(14)7-11(13(2,3)4)16-12(9)15-8/h5-7H,1-4H3. The first-order valence-corrected chi connectivity index (χ1v) is 5.70. The minimum atomic E-state index is -0.0107. The van der Waals surface area contributed by atoms with E-state index in [2.05, 4.69) is 30.7 Å². The van der Waals surface area contributed by atoms with Gasteiger partial charge in [-0.05, 0) is 25.1 Å². The van der Waals surface area contributed by atoms with Crippen LogP contribution in [-0.2, 0) is 5.41 Å². The Bertz CT molecular complexity index is 541. The SMILES string of the molecule is Cc1ccc2c(Cl)cc(C(C)(C)C)nc2n1. The van der Waals surface area contributed by atoms with E-state index in [1.807, 2.05) is 25.1 Å². The van der Waals surface area contributed by atoms with Gasteiger partial charge in [0.05, 0.1) is 5.02 Å². The number of nitrogens with zero attached hydrogens (tertiary/aromatic N) is 2. The predicted octanol–water partition coefficient (Wildman–Crippen LogP) is 3.89. The summed E-state index contributed by atoms with van der Waals surface area (Å²) in [5, 5.41) is 1.64. The van der Waals surface area contributed by atoms with E-state index in [4.69, 9.17) is 11.6 Å². The van der Waals surface area contributed by atoms with Gasteiger partial charge in [0.1, 0.15) is 0 Å². The lowest BCUT2D eigenvalue weighted by Crippen LogP contribution is -2.13. The molecule has 0 fully saturated rings. The maximum Gasteiger partial charge on any atom is 0.161 e. The number of fused-ring (bicyclic) bond motifs is 1. The summed E-state index contributed by atoms with van der Waals surface area (Å²) in [7, 11) is 0. The Kier molecular flexibility index (Phi) is 2.62. The first-order valence-electron chi connectivity index (χ1n) is 5.32. The fourth-order valence-corrected chi connectivity index (χ4v) is 1.79. The van der Waals surface area contributed by atoms with Crippen LogP contribution in [0.25, 0.3) is 11.0 Å². The Hall–Kier alpha value is -1.15. The molecule has 0 unspecified atom stereocenters. The fourth-order valence-electron chi connectivity index (χ4n) is 1.54. The van der Waals surface area contributed by atoms with E-state index >= 15 is 0 Å². The molecule has 0 radical (unpaired) electrons. The number of halogens is 1. The van der Waals surface area contributed by atoms with Crippen LogP contribution >= 0.6 is 11.6 Å². The molecule has 0 bridgehead atoms. The van der Waals surface area contributed by atoms with Crippen LogP contribution in [0.15, 0.2) is 18.2 Å². The van der Waals surface area contributed by atoms with Crippen molar-refractivity contribution in [2.75, 3.05) is 0 Å². The minimum Gasteiger partial charge on any atom is -0.233 e. The molecule has 0 saturated carbocycles. The van der Waals surface area contributed by atoms with Crippen molar-refractivity contribution in [3.63, 3.8) is 0 Å². The van der Waals surface area contributed by atoms with Gasteiger partial charge in [-0.1, -0.05) is 32.4 Å². The third-order valence-electron chi connectivity index (χ3n) is 2.53. The van der Waals surface area contributed by atoms with Crippen molar-refractivity contribution in [2.45, 2.75) is 33.1 Å². The molecule has 0 N–H and O–H groups in total. The topological polar surface area (TPSA) is 25.8 Å². The molecule has 2 rings (SSSR count). The molecule has 3 heteroatoms. The average molecular weight is 235 g/mol. The van der Waals surface area contributed by atoms with E-state index < -0.39 is 0 Å². The number of rotatable bonds is 0. The second kappa shape index (κ2) is 3.70. The van der Waals surface area contributed by atoms with E-state index in [9.17, 15) is 0 Å². The summed E-state index contributed by atoms with van der Waals surface area (Å²) in [6.45, 7) is 8.31. The smallest absolute Gasteiger partial charge is 0.161 e. The zero-order valence-corrected chi connectivity index (χ0v) is 10.8. The molecule has 0 aliphatic carbocycles. The molecular weight excluding hydrogens is 220 g/mol. The molecule has 0 saturated heterocycles. The van der Waals surface area contributed by atoms with E-state index in [0.717, 1.165) is 27.4 Å². The van der Waals surface area contributed by atoms with Gasteiger partial charge in [0.2, 0.25) is 0 Å². The molecule has 0 atom stereocenters. The Balaban J connectivity index is 2.75. The normalized spacial score (nSPS) is 12.1. The van der Waals surface area contributed by atoms with Crippen LogP contribution in [0.5, 0.6) is 0 Å². The summed E-state index contributed by atoms with van der Waals surface area (Å²) in [5.74, 6) is 0. The second-order valence-electron chi connectivity index (χ2n) is 5.06. The van der Waals surface area contributed by atoms with E-state index in [1.54, 1.807) is 0 Å². The maximum absolute atomic E-state index is 6.24. The van der Waals surface area contributed by atoms with Crippen molar-refractivity contribution in [3.05, 3.63) is 34.6 Å². The van der Waals surface area contributed by atoms with Gasteiger partial charge in [-0.3, -0.25) is 0 Å². The van der Waals surface area contributed by atoms with Gasteiger partial charge >= 0.3 is 0 Å². The van der Waals surface area contributed by atoms with Crippen molar-refractivity contribution >= 4 is 22.6 Å². The second-order valence-corrected chi connectivity index (χ2v) is 5.47. The van der Waals surface area contributed by atoms with Crippen LogP contribution in [0.2, 0.25) is 5.02 Å². The molecule has 16 heavy (non-hydrogen) atoms. The lowest BCUT2D eigenvalue weighted by molar-refractivity contribution is 0.571. The van der Waals surface area contributed by atoms with Crippen molar-refractivity contribution in [3.8, 4) is 0 Å². The number of aromatic nitrogens is 2. The van der Waals surface area contributed by atoms with Crippen LogP contribution in [0, 0.1) is 6.92 Å². The molecule has 0 aliphatic rings. The third-order valence-corrected chi connectivity index (χ3v) is 2.84. The zero-order chi connectivity index (χ0) is 11.9. The number of hydrogen-bond donors (Lipinski definition) is 0. The van der Waals surface area contributed by atoms with E-state index in [0.29, 0.717) is 0 Å². The number of aryl methyl sites for hydroxylation is 1. The van der Waals surface area contributed by atoms with Crippen LogP contribution in [0.1, 0.15) is 32.2 Å². The molecule has 2 nitrogen and oxygen atoms in total. The lowest BCUT2D eigenvalue weighted by atomic mass is 9.91. The lowest BCUT2D eigenvalue weighted by Gasteiger charge is -2.18. The first-order chi connectivity index (χ1) is 7.38. The predicted molar refractivity (Wildman–Crippen MR) is 68.0 cm³/mol. The highest BCUT2D eigenvalue weighted by molar-refractivity contribution is 6.35. The third kappa shape index (κ3) is 2.03. The van der Waals surface area contributed by atoms with Crippen LogP contribution < -0.4 is 0 Å². The summed E-state index contributed by atoms with van der Waals surface area (Å²) in [5.41, 5.74) is 2.66. The molecule has 0 amide bonds. The highest BCUT2D eigenvalue weighted by Crippen LogP contribution is 2.28. The molecule has 84 valence electrons. The zero-order valence-electron chi connectivity index (χ0n) is 10.0. The first kappa shape index (κ1) is 11.3. The van der Waals surface area contributed by atoms with Gasteiger partial charge in [0, 0.05) is 22.2 Å². The quantitative estimate of drug-likeness (QED) is 0.691. The molecule has 0 aromatic carbocycles. The minimum absolute atomic E-state index is 0.0107. The largest absolute Gasteiger partial charge is 0.233 e. The summed E-state index contributed by atoms with van der Waals surface area (Å²) >= 11 is 6.24. The number of pyridine rings is 2. The van der Waals surface area contributed by atoms with Gasteiger partial charge in [0.25, 0.3) is 0 Å². The molecule has 2 heterocycles. The van der Waals surface area contributed by atoms with Crippen LogP contribution in [-0.4, -0.2) is 9.97 Å². The summed E-state index contributed by atoms with van der Waals surface area (Å²) in [6, 6.07) is 5.85. The summed E-state index contributed by atoms with van der Waals surface area (Å²) < 4.78 is 0. The molecular formula is C13H15ClN2. The summed E-state index contributed by atoms with van der Waals surface area (Å²) in [6.07, 6.45) is 0.